The molecular weight excluding hydrogens is 358 g/mol. The molecule has 4 nitrogen and oxygen atoms in total. The Morgan fingerprint density at radius 1 is 1.13 bits per heavy atom. The zero-order valence-electron chi connectivity index (χ0n) is 13.0. The fraction of sp³-hybridized carbons (Fsp3) is 0.278. The summed E-state index contributed by atoms with van der Waals surface area (Å²) in [6.07, 6.45) is 0.0969. The Morgan fingerprint density at radius 2 is 1.70 bits per heavy atom. The lowest BCUT2D eigenvalue weighted by atomic mass is 9.78. The molecule has 1 unspecified atom stereocenters. The van der Waals surface area contributed by atoms with Gasteiger partial charge in [0.2, 0.25) is 5.54 Å². The van der Waals surface area contributed by atoms with Crippen molar-refractivity contribution in [2.24, 2.45) is 0 Å². The highest BCUT2D eigenvalue weighted by atomic mass is 79.9. The second-order valence-corrected chi connectivity index (χ2v) is 6.92. The Bertz CT molecular complexity index is 696. The molecule has 0 saturated carbocycles. The smallest absolute Gasteiger partial charge is 0.223 e. The molecule has 2 aromatic rings. The molecule has 5 heteroatoms. The lowest BCUT2D eigenvalue weighted by Gasteiger charge is -2.26. The molecule has 0 N–H and O–H groups in total. The van der Waals surface area contributed by atoms with Crippen LogP contribution in [-0.4, -0.2) is 16.2 Å². The molecule has 2 aromatic carbocycles. The fourth-order valence-corrected chi connectivity index (χ4v) is 2.79. The van der Waals surface area contributed by atoms with E-state index in [1.165, 1.54) is 0 Å². The number of halogens is 1. The van der Waals surface area contributed by atoms with Crippen molar-refractivity contribution in [2.75, 3.05) is 0 Å². The van der Waals surface area contributed by atoms with E-state index in [-0.39, 0.29) is 17.1 Å². The van der Waals surface area contributed by atoms with Gasteiger partial charge in [-0.25, -0.2) is 0 Å². The summed E-state index contributed by atoms with van der Waals surface area (Å²) < 4.78 is 0.888. The van der Waals surface area contributed by atoms with Crippen LogP contribution in [0.3, 0.4) is 0 Å². The zero-order valence-corrected chi connectivity index (χ0v) is 14.6. The molecule has 0 aliphatic carbocycles. The largest absolute Gasteiger partial charge is 0.294 e. The van der Waals surface area contributed by atoms with Gasteiger partial charge < -0.3 is 0 Å². The number of carbonyl (C=O) groups is 1. The first-order valence-corrected chi connectivity index (χ1v) is 8.10. The number of hydrogen-bond acceptors (Lipinski definition) is 3. The van der Waals surface area contributed by atoms with Crippen molar-refractivity contribution in [1.82, 2.24) is 0 Å². The summed E-state index contributed by atoms with van der Waals surface area (Å²) in [5, 5.41) is 11.5. The average molecular weight is 376 g/mol. The van der Waals surface area contributed by atoms with E-state index >= 15 is 0 Å². The summed E-state index contributed by atoms with van der Waals surface area (Å²) >= 11 is 3.33. The van der Waals surface area contributed by atoms with Crippen molar-refractivity contribution in [3.63, 3.8) is 0 Å². The van der Waals surface area contributed by atoms with Crippen LogP contribution < -0.4 is 0 Å². The van der Waals surface area contributed by atoms with Gasteiger partial charge in [0.1, 0.15) is 0 Å². The van der Waals surface area contributed by atoms with Gasteiger partial charge in [-0.15, -0.1) is 0 Å². The van der Waals surface area contributed by atoms with Crippen molar-refractivity contribution in [3.8, 4) is 0 Å². The van der Waals surface area contributed by atoms with E-state index in [1.54, 1.807) is 38.1 Å². The molecule has 23 heavy (non-hydrogen) atoms. The number of rotatable bonds is 6. The van der Waals surface area contributed by atoms with E-state index in [9.17, 15) is 14.9 Å². The van der Waals surface area contributed by atoms with Gasteiger partial charge in [-0.3, -0.25) is 14.9 Å². The number of benzene rings is 2. The third-order valence-corrected chi connectivity index (χ3v) is 4.61. The molecule has 0 amide bonds. The van der Waals surface area contributed by atoms with Crippen molar-refractivity contribution >= 4 is 21.7 Å². The second-order valence-electron chi connectivity index (χ2n) is 6.01. The van der Waals surface area contributed by atoms with Crippen molar-refractivity contribution in [3.05, 3.63) is 80.3 Å². The van der Waals surface area contributed by atoms with Crippen LogP contribution in [0, 0.1) is 10.1 Å². The van der Waals surface area contributed by atoms with E-state index < -0.39 is 11.5 Å². The van der Waals surface area contributed by atoms with Crippen molar-refractivity contribution < 1.29 is 9.72 Å². The van der Waals surface area contributed by atoms with Crippen LogP contribution >= 0.6 is 15.9 Å². The van der Waals surface area contributed by atoms with E-state index in [0.29, 0.717) is 5.56 Å². The molecule has 0 aromatic heterocycles. The number of hydrogen-bond donors (Lipinski definition) is 0. The number of ketones is 1. The normalized spacial score (nSPS) is 12.7. The standard InChI is InChI=1S/C18H18BrNO3/c1-18(2,20(22)23)16(13-6-4-3-5-7-13)12-17(21)14-8-10-15(19)11-9-14/h3-11,16H,12H2,1-2H3. The molecule has 0 bridgehead atoms. The Labute approximate surface area is 143 Å². The topological polar surface area (TPSA) is 60.2 Å². The van der Waals surface area contributed by atoms with Gasteiger partial charge in [0.25, 0.3) is 0 Å². The first-order valence-electron chi connectivity index (χ1n) is 7.30. The summed E-state index contributed by atoms with van der Waals surface area (Å²) in [5.41, 5.74) is 0.139. The van der Waals surface area contributed by atoms with Gasteiger partial charge in [-0.1, -0.05) is 58.4 Å². The van der Waals surface area contributed by atoms with E-state index in [0.717, 1.165) is 10.0 Å². The van der Waals surface area contributed by atoms with E-state index in [2.05, 4.69) is 15.9 Å². The summed E-state index contributed by atoms with van der Waals surface area (Å²) in [5.74, 6) is -0.587. The summed E-state index contributed by atoms with van der Waals surface area (Å²) in [7, 11) is 0. The average Bonchev–Trinajstić information content (AvgIpc) is 2.53. The van der Waals surface area contributed by atoms with Crippen molar-refractivity contribution in [1.29, 1.82) is 0 Å². The lowest BCUT2D eigenvalue weighted by Crippen LogP contribution is -2.39. The molecule has 120 valence electrons. The van der Waals surface area contributed by atoms with Crippen molar-refractivity contribution in [2.45, 2.75) is 31.7 Å². The SMILES string of the molecule is CC(C)(C(CC(=O)c1ccc(Br)cc1)c1ccccc1)[N+](=O)[O-]. The monoisotopic (exact) mass is 375 g/mol. The molecule has 0 fully saturated rings. The maximum Gasteiger partial charge on any atom is 0.223 e. The van der Waals surface area contributed by atoms with Gasteiger partial charge in [0.15, 0.2) is 5.78 Å². The summed E-state index contributed by atoms with van der Waals surface area (Å²) in [6, 6.07) is 16.3. The molecule has 0 heterocycles. The molecular formula is C18H18BrNO3. The predicted molar refractivity (Wildman–Crippen MR) is 93.3 cm³/mol. The minimum Gasteiger partial charge on any atom is -0.294 e. The molecule has 0 radical (unpaired) electrons. The Morgan fingerprint density at radius 3 is 2.22 bits per heavy atom. The Kier molecular flexibility index (Phi) is 5.31. The van der Waals surface area contributed by atoms with Crippen LogP contribution in [0.25, 0.3) is 0 Å². The minimum absolute atomic E-state index is 0.0960. The van der Waals surface area contributed by atoms with Gasteiger partial charge in [0.05, 0.1) is 5.92 Å². The first-order chi connectivity index (χ1) is 10.8. The molecule has 2 rings (SSSR count). The molecule has 0 aliphatic heterocycles. The predicted octanol–water partition coefficient (Wildman–Crippen LogP) is 4.86. The number of carbonyl (C=O) groups excluding carboxylic acids is 1. The fourth-order valence-electron chi connectivity index (χ4n) is 2.53. The van der Waals surface area contributed by atoms with Crippen LogP contribution in [-0.2, 0) is 0 Å². The number of nitro groups is 1. The van der Waals surface area contributed by atoms with Crippen LogP contribution in [0.15, 0.2) is 59.1 Å². The number of Topliss-reactive ketones (excluding diaryl/α,β-unsaturated/α-hetero) is 1. The molecule has 0 aliphatic rings. The maximum atomic E-state index is 12.6. The molecule has 0 saturated heterocycles. The third kappa shape index (κ3) is 4.05. The Hall–Kier alpha value is -2.01. The minimum atomic E-state index is -1.23. The summed E-state index contributed by atoms with van der Waals surface area (Å²) in [4.78, 5) is 23.8. The highest BCUT2D eigenvalue weighted by Crippen LogP contribution is 2.34. The van der Waals surface area contributed by atoms with Gasteiger partial charge >= 0.3 is 0 Å². The van der Waals surface area contributed by atoms with Crippen LogP contribution in [0.2, 0.25) is 0 Å². The first kappa shape index (κ1) is 17.3. The summed E-state index contributed by atoms with van der Waals surface area (Å²) in [6.45, 7) is 3.14. The lowest BCUT2D eigenvalue weighted by molar-refractivity contribution is -0.565. The highest BCUT2D eigenvalue weighted by Gasteiger charge is 2.42. The molecule has 0 spiro atoms. The van der Waals surface area contributed by atoms with Crippen LogP contribution in [0.4, 0.5) is 0 Å². The maximum absolute atomic E-state index is 12.6. The third-order valence-electron chi connectivity index (χ3n) is 4.08. The van der Waals surface area contributed by atoms with E-state index in [1.807, 2.05) is 30.3 Å². The Balaban J connectivity index is 2.33. The van der Waals surface area contributed by atoms with Gasteiger partial charge in [-0.05, 0) is 17.7 Å². The van der Waals surface area contributed by atoms with Gasteiger partial charge in [-0.2, -0.15) is 0 Å². The van der Waals surface area contributed by atoms with Crippen LogP contribution in [0.5, 0.6) is 0 Å². The number of nitrogens with zero attached hydrogens (tertiary/aromatic N) is 1. The highest BCUT2D eigenvalue weighted by molar-refractivity contribution is 9.10. The quantitative estimate of drug-likeness (QED) is 0.411. The zero-order chi connectivity index (χ0) is 17.0. The van der Waals surface area contributed by atoms with Gasteiger partial charge in [0, 0.05) is 35.2 Å². The van der Waals surface area contributed by atoms with E-state index in [4.69, 9.17) is 0 Å². The molecule has 1 atom stereocenters. The van der Waals surface area contributed by atoms with Crippen LogP contribution in [0.1, 0.15) is 42.1 Å². The second kappa shape index (κ2) is 7.04.